The smallest absolute Gasteiger partial charge is 0.333 e. The molecule has 0 aliphatic rings. The third-order valence-electron chi connectivity index (χ3n) is 4.81. The molecule has 0 spiro atoms. The van der Waals surface area contributed by atoms with Crippen molar-refractivity contribution < 1.29 is 29.3 Å². The fourth-order valence-corrected chi connectivity index (χ4v) is 2.90. The first-order valence-electron chi connectivity index (χ1n) is 12.0. The minimum atomic E-state index is -1.00. The van der Waals surface area contributed by atoms with E-state index in [4.69, 9.17) is 36.9 Å². The molecule has 2 rings (SSSR count). The molecule has 8 N–H and O–H groups in total. The Morgan fingerprint density at radius 1 is 1.05 bits per heavy atom. The zero-order chi connectivity index (χ0) is 28.2. The molecule has 0 radical (unpaired) electrons. The first-order valence-corrected chi connectivity index (χ1v) is 12.0. The van der Waals surface area contributed by atoms with Crippen molar-refractivity contribution in [2.24, 2.45) is 22.2 Å². The van der Waals surface area contributed by atoms with Crippen LogP contribution < -0.4 is 21.9 Å². The van der Waals surface area contributed by atoms with Crippen LogP contribution in [0.25, 0.3) is 0 Å². The number of aliphatic carboxylic acids is 2. The molecule has 0 aromatic heterocycles. The Kier molecular flexibility index (Phi) is 15.7. The summed E-state index contributed by atoms with van der Waals surface area (Å²) in [4.78, 5) is 25.0. The lowest BCUT2D eigenvalue weighted by molar-refractivity contribution is -0.150. The number of carboxylic acids is 2. The lowest BCUT2D eigenvalue weighted by Gasteiger charge is -2.12. The lowest BCUT2D eigenvalue weighted by atomic mass is 10.1. The van der Waals surface area contributed by atoms with Gasteiger partial charge in [-0.15, -0.1) is 0 Å². The normalized spacial score (nSPS) is 11.7. The molecule has 38 heavy (non-hydrogen) atoms. The SMILES string of the molecule is CCO[C@@H](Cc1ccc(OC/C=C/C#Cc2ccccc2)cc1)C(=O)O.NC(N)=NCCC[C@H](N)C(=O)O. The number of carboxylic acid groups (broad SMARTS) is 2. The molecule has 204 valence electrons. The van der Waals surface area contributed by atoms with E-state index < -0.39 is 24.1 Å². The predicted octanol–water partition coefficient (Wildman–Crippen LogP) is 2.16. The molecule has 0 unspecified atom stereocenters. The summed E-state index contributed by atoms with van der Waals surface area (Å²) in [5.41, 5.74) is 17.2. The number of hydrogen-bond donors (Lipinski definition) is 5. The van der Waals surface area contributed by atoms with Gasteiger partial charge in [0.05, 0.1) is 0 Å². The Morgan fingerprint density at radius 3 is 2.32 bits per heavy atom. The molecule has 10 nitrogen and oxygen atoms in total. The molecular formula is C28H36N4O6. The first kappa shape index (κ1) is 31.7. The Balaban J connectivity index is 0.000000508. The van der Waals surface area contributed by atoms with Crippen LogP contribution in [0.3, 0.4) is 0 Å². The van der Waals surface area contributed by atoms with Gasteiger partial charge in [-0.25, -0.2) is 4.79 Å². The minimum Gasteiger partial charge on any atom is -0.490 e. The van der Waals surface area contributed by atoms with E-state index in [-0.39, 0.29) is 5.96 Å². The molecule has 2 aromatic rings. The van der Waals surface area contributed by atoms with Gasteiger partial charge in [0.2, 0.25) is 0 Å². The van der Waals surface area contributed by atoms with Crippen LogP contribution in [-0.4, -0.2) is 60.0 Å². The number of ether oxygens (including phenoxy) is 2. The second-order valence-corrected chi connectivity index (χ2v) is 7.87. The van der Waals surface area contributed by atoms with Crippen molar-refractivity contribution in [3.63, 3.8) is 0 Å². The van der Waals surface area contributed by atoms with Crippen molar-refractivity contribution in [3.05, 3.63) is 77.9 Å². The van der Waals surface area contributed by atoms with E-state index in [1.165, 1.54) is 0 Å². The van der Waals surface area contributed by atoms with Crippen LogP contribution in [0.4, 0.5) is 0 Å². The number of hydrogen-bond acceptors (Lipinski definition) is 6. The summed E-state index contributed by atoms with van der Waals surface area (Å²) in [5, 5.41) is 17.5. The Morgan fingerprint density at radius 2 is 1.74 bits per heavy atom. The molecule has 0 saturated heterocycles. The number of rotatable bonds is 13. The number of benzene rings is 2. The Labute approximate surface area is 223 Å². The quantitative estimate of drug-likeness (QED) is 0.113. The van der Waals surface area contributed by atoms with Gasteiger partial charge in [-0.3, -0.25) is 9.79 Å². The van der Waals surface area contributed by atoms with Gasteiger partial charge in [0, 0.05) is 25.1 Å². The van der Waals surface area contributed by atoms with Crippen LogP contribution in [0.5, 0.6) is 5.75 Å². The largest absolute Gasteiger partial charge is 0.490 e. The average molecular weight is 525 g/mol. The predicted molar refractivity (Wildman–Crippen MR) is 147 cm³/mol. The first-order chi connectivity index (χ1) is 18.2. The molecule has 0 heterocycles. The standard InChI is InChI=1S/C22H22O4.C6H14N4O2/c1-2-25-21(22(23)24)17-19-12-14-20(15-13-19)26-16-8-4-7-11-18-9-5-3-6-10-18;7-4(5(11)12)2-1-3-10-6(8)9/h3-6,8-10,12-15,21H,2,16-17H2,1H3,(H,23,24);4H,1-3,7H2,(H,11,12)(H4,8,9,10)/b8-4+;/t21-;4-/m00/s1. The molecule has 0 fully saturated rings. The van der Waals surface area contributed by atoms with Gasteiger partial charge in [-0.05, 0) is 61.7 Å². The van der Waals surface area contributed by atoms with E-state index in [9.17, 15) is 9.59 Å². The number of carbonyl (C=O) groups is 2. The van der Waals surface area contributed by atoms with E-state index >= 15 is 0 Å². The second-order valence-electron chi connectivity index (χ2n) is 7.87. The van der Waals surface area contributed by atoms with Crippen molar-refractivity contribution in [1.82, 2.24) is 0 Å². The molecule has 2 atom stereocenters. The van der Waals surface area contributed by atoms with Gasteiger partial charge in [-0.2, -0.15) is 0 Å². The molecule has 10 heteroatoms. The maximum Gasteiger partial charge on any atom is 0.333 e. The van der Waals surface area contributed by atoms with E-state index in [2.05, 4.69) is 16.8 Å². The number of guanidine groups is 1. The minimum absolute atomic E-state index is 0.0129. The van der Waals surface area contributed by atoms with Crippen LogP contribution in [0, 0.1) is 11.8 Å². The zero-order valence-corrected chi connectivity index (χ0v) is 21.5. The third-order valence-corrected chi connectivity index (χ3v) is 4.81. The van der Waals surface area contributed by atoms with Crippen LogP contribution in [0.1, 0.15) is 30.9 Å². The van der Waals surface area contributed by atoms with Gasteiger partial charge in [-0.1, -0.05) is 42.2 Å². The summed E-state index contributed by atoms with van der Waals surface area (Å²) in [5.74, 6) is 4.78. The van der Waals surface area contributed by atoms with Crippen molar-refractivity contribution >= 4 is 17.9 Å². The number of aliphatic imine (C=N–C) groups is 1. The fraction of sp³-hybridized carbons (Fsp3) is 0.321. The van der Waals surface area contributed by atoms with E-state index in [0.717, 1.165) is 16.9 Å². The Bertz CT molecular complexity index is 1090. The zero-order valence-electron chi connectivity index (χ0n) is 21.5. The molecule has 0 amide bonds. The van der Waals surface area contributed by atoms with Gasteiger partial charge in [0.1, 0.15) is 18.4 Å². The van der Waals surface area contributed by atoms with Crippen molar-refractivity contribution in [3.8, 4) is 17.6 Å². The summed E-state index contributed by atoms with van der Waals surface area (Å²) in [6.45, 7) is 2.99. The molecular weight excluding hydrogens is 488 g/mol. The summed E-state index contributed by atoms with van der Waals surface area (Å²) < 4.78 is 10.8. The number of allylic oxidation sites excluding steroid dienone is 1. The van der Waals surface area contributed by atoms with E-state index in [0.29, 0.717) is 39.0 Å². The maximum absolute atomic E-state index is 11.1. The van der Waals surface area contributed by atoms with Crippen molar-refractivity contribution in [2.75, 3.05) is 19.8 Å². The summed E-state index contributed by atoms with van der Waals surface area (Å²) in [7, 11) is 0. The van der Waals surface area contributed by atoms with Crippen molar-refractivity contribution in [2.45, 2.75) is 38.3 Å². The van der Waals surface area contributed by atoms with Crippen LogP contribution >= 0.6 is 0 Å². The fourth-order valence-electron chi connectivity index (χ4n) is 2.90. The molecule has 0 bridgehead atoms. The molecule has 2 aromatic carbocycles. The highest BCUT2D eigenvalue weighted by Gasteiger charge is 2.17. The van der Waals surface area contributed by atoms with Gasteiger partial charge in [0.25, 0.3) is 0 Å². The van der Waals surface area contributed by atoms with Crippen LogP contribution in [0.15, 0.2) is 71.7 Å². The van der Waals surface area contributed by atoms with E-state index in [1.54, 1.807) is 13.0 Å². The summed E-state index contributed by atoms with van der Waals surface area (Å²) >= 11 is 0. The third kappa shape index (κ3) is 14.9. The summed E-state index contributed by atoms with van der Waals surface area (Å²) in [6, 6.07) is 16.3. The highest BCUT2D eigenvalue weighted by molar-refractivity contribution is 5.75. The lowest BCUT2D eigenvalue weighted by Crippen LogP contribution is -2.30. The van der Waals surface area contributed by atoms with Crippen LogP contribution in [-0.2, 0) is 20.7 Å². The highest BCUT2D eigenvalue weighted by atomic mass is 16.5. The number of nitrogens with zero attached hydrogens (tertiary/aromatic N) is 1. The molecule has 0 saturated carbocycles. The van der Waals surface area contributed by atoms with Crippen LogP contribution in [0.2, 0.25) is 0 Å². The summed E-state index contributed by atoms with van der Waals surface area (Å²) in [6.07, 6.45) is 4.08. The monoisotopic (exact) mass is 524 g/mol. The second kappa shape index (κ2) is 18.9. The molecule has 0 aliphatic heterocycles. The molecule has 0 aliphatic carbocycles. The highest BCUT2D eigenvalue weighted by Crippen LogP contribution is 2.14. The van der Waals surface area contributed by atoms with Gasteiger partial charge < -0.3 is 36.9 Å². The topological polar surface area (TPSA) is 183 Å². The van der Waals surface area contributed by atoms with Gasteiger partial charge >= 0.3 is 11.9 Å². The van der Waals surface area contributed by atoms with E-state index in [1.807, 2.05) is 60.7 Å². The average Bonchev–Trinajstić information content (AvgIpc) is 2.90. The van der Waals surface area contributed by atoms with Crippen molar-refractivity contribution in [1.29, 1.82) is 0 Å². The maximum atomic E-state index is 11.1. The Hall–Kier alpha value is -4.33. The number of nitrogens with two attached hydrogens (primary N) is 3. The van der Waals surface area contributed by atoms with Gasteiger partial charge in [0.15, 0.2) is 12.1 Å².